The third kappa shape index (κ3) is 14.0. The largest absolute Gasteiger partial charge is 0.459 e. The highest BCUT2D eigenvalue weighted by molar-refractivity contribution is 6.99. The van der Waals surface area contributed by atoms with Crippen LogP contribution in [0.1, 0.15) is 123 Å². The monoisotopic (exact) mass is 771 g/mol. The summed E-state index contributed by atoms with van der Waals surface area (Å²) in [5.41, 5.74) is 1.05. The number of rotatable bonds is 24. The predicted octanol–water partition coefficient (Wildman–Crippen LogP) is 8.97. The van der Waals surface area contributed by atoms with E-state index in [1.54, 1.807) is 0 Å². The van der Waals surface area contributed by atoms with E-state index in [2.05, 4.69) is 81.5 Å². The van der Waals surface area contributed by atoms with E-state index in [1.807, 2.05) is 54.4 Å². The number of nitrogens with zero attached hydrogens (tertiary/aromatic N) is 1. The van der Waals surface area contributed by atoms with Crippen molar-refractivity contribution in [3.8, 4) is 0 Å². The van der Waals surface area contributed by atoms with Crippen LogP contribution in [0.4, 0.5) is 0 Å². The number of nitrogens with one attached hydrogen (secondary N) is 1. The van der Waals surface area contributed by atoms with Crippen molar-refractivity contribution in [2.75, 3.05) is 26.8 Å². The van der Waals surface area contributed by atoms with Gasteiger partial charge >= 0.3 is 5.97 Å². The molecule has 0 aromatic heterocycles. The molecule has 1 saturated heterocycles. The van der Waals surface area contributed by atoms with E-state index in [-0.39, 0.29) is 30.1 Å². The van der Waals surface area contributed by atoms with E-state index in [4.69, 9.17) is 13.9 Å². The molecule has 0 bridgehead atoms. The van der Waals surface area contributed by atoms with Crippen LogP contribution in [0, 0.1) is 0 Å². The highest BCUT2D eigenvalue weighted by Crippen LogP contribution is 2.37. The first-order valence-electron chi connectivity index (χ1n) is 21.2. The smallest absolute Gasteiger partial charge is 0.306 e. The fourth-order valence-electron chi connectivity index (χ4n) is 7.94. The summed E-state index contributed by atoms with van der Waals surface area (Å²) >= 11 is 0. The van der Waals surface area contributed by atoms with Gasteiger partial charge < -0.3 is 19.2 Å². The Morgan fingerprint density at radius 3 is 1.73 bits per heavy atom. The minimum absolute atomic E-state index is 0.151. The van der Waals surface area contributed by atoms with Gasteiger partial charge in [0, 0.05) is 13.0 Å². The third-order valence-corrected chi connectivity index (χ3v) is 16.1. The number of likely N-dealkylation sites (N-methyl/N-ethyl adjacent to an activating group) is 1. The topological polar surface area (TPSA) is 77.1 Å². The van der Waals surface area contributed by atoms with E-state index in [0.29, 0.717) is 19.6 Å². The molecule has 3 aromatic carbocycles. The average molecular weight is 771 g/mol. The SMILES string of the molecule is CCCCCCCCCCCCCCCC(=O)O[C@H]1CN(C)[C@@H](COCc2ccccc2)C(=O)N[C@@H]1CO[Si](c1ccccc1)(c1ccccc1)C(C)(C)C. The van der Waals surface area contributed by atoms with Crippen LogP contribution in [-0.4, -0.2) is 70.1 Å². The van der Waals surface area contributed by atoms with Crippen LogP contribution >= 0.6 is 0 Å². The summed E-state index contributed by atoms with van der Waals surface area (Å²) in [5.74, 6) is -0.369. The highest BCUT2D eigenvalue weighted by atomic mass is 28.4. The molecule has 0 radical (unpaired) electrons. The van der Waals surface area contributed by atoms with Gasteiger partial charge in [-0.1, -0.05) is 196 Å². The first-order chi connectivity index (χ1) is 26.7. The van der Waals surface area contributed by atoms with Gasteiger partial charge in [0.1, 0.15) is 12.1 Å². The molecule has 1 fully saturated rings. The maximum atomic E-state index is 14.0. The molecule has 0 unspecified atom stereocenters. The molecule has 3 atom stereocenters. The van der Waals surface area contributed by atoms with E-state index in [0.717, 1.165) is 35.2 Å². The Bertz CT molecular complexity index is 1460. The lowest BCUT2D eigenvalue weighted by molar-refractivity contribution is -0.152. The minimum atomic E-state index is -2.92. The zero-order valence-electron chi connectivity index (χ0n) is 34.6. The van der Waals surface area contributed by atoms with Crippen LogP contribution in [-0.2, 0) is 30.1 Å². The summed E-state index contributed by atoms with van der Waals surface area (Å²) in [6.45, 7) is 10.2. The van der Waals surface area contributed by atoms with Gasteiger partial charge in [0.25, 0.3) is 8.32 Å². The Kier molecular flexibility index (Phi) is 19.1. The molecule has 302 valence electrons. The van der Waals surface area contributed by atoms with Crippen LogP contribution in [0.3, 0.4) is 0 Å². The van der Waals surface area contributed by atoms with Crippen LogP contribution in [0.15, 0.2) is 91.0 Å². The molecule has 55 heavy (non-hydrogen) atoms. The Balaban J connectivity index is 1.41. The number of benzene rings is 3. The normalized spacial score (nSPS) is 18.1. The van der Waals surface area contributed by atoms with E-state index in [1.165, 1.54) is 64.2 Å². The Morgan fingerprint density at radius 1 is 0.727 bits per heavy atom. The molecule has 1 N–H and O–H groups in total. The molecule has 3 aromatic rings. The van der Waals surface area contributed by atoms with Gasteiger partial charge in [-0.25, -0.2) is 0 Å². The van der Waals surface area contributed by atoms with Crippen molar-refractivity contribution in [3.63, 3.8) is 0 Å². The van der Waals surface area contributed by atoms with Crippen molar-refractivity contribution in [2.45, 2.75) is 147 Å². The van der Waals surface area contributed by atoms with Crippen LogP contribution in [0.5, 0.6) is 0 Å². The van der Waals surface area contributed by atoms with Crippen LogP contribution < -0.4 is 15.7 Å². The lowest BCUT2D eigenvalue weighted by atomic mass is 10.0. The van der Waals surface area contributed by atoms with Gasteiger partial charge in [0.2, 0.25) is 5.91 Å². The lowest BCUT2D eigenvalue weighted by Crippen LogP contribution is -2.68. The second-order valence-corrected chi connectivity index (χ2v) is 20.9. The number of amides is 1. The molecule has 4 rings (SSSR count). The minimum Gasteiger partial charge on any atom is -0.459 e. The van der Waals surface area contributed by atoms with Crippen LogP contribution in [0.2, 0.25) is 5.04 Å². The molecule has 8 heteroatoms. The third-order valence-electron chi connectivity index (χ3n) is 11.1. The fourth-order valence-corrected chi connectivity index (χ4v) is 12.5. The molecule has 1 amide bonds. The Labute approximate surface area is 334 Å². The summed E-state index contributed by atoms with van der Waals surface area (Å²) in [4.78, 5) is 29.4. The van der Waals surface area contributed by atoms with E-state index in [9.17, 15) is 9.59 Å². The van der Waals surface area contributed by atoms with Gasteiger partial charge in [0.05, 0.1) is 25.9 Å². The zero-order valence-corrected chi connectivity index (χ0v) is 35.6. The zero-order chi connectivity index (χ0) is 39.4. The second-order valence-electron chi connectivity index (χ2n) is 16.6. The summed E-state index contributed by atoms with van der Waals surface area (Å²) in [6, 6.07) is 29.9. The van der Waals surface area contributed by atoms with E-state index >= 15 is 0 Å². The molecule has 7 nitrogen and oxygen atoms in total. The Morgan fingerprint density at radius 2 is 1.22 bits per heavy atom. The van der Waals surface area contributed by atoms with Gasteiger partial charge in [-0.3, -0.25) is 14.5 Å². The number of hydrogen-bond acceptors (Lipinski definition) is 6. The quantitative estimate of drug-likeness (QED) is 0.0557. The highest BCUT2D eigenvalue weighted by Gasteiger charge is 2.51. The molecule has 1 aliphatic heterocycles. The molecule has 0 aliphatic carbocycles. The molecule has 1 aliphatic rings. The van der Waals surface area contributed by atoms with Crippen molar-refractivity contribution in [1.82, 2.24) is 10.2 Å². The maximum Gasteiger partial charge on any atom is 0.306 e. The van der Waals surface area contributed by atoms with Crippen molar-refractivity contribution < 1.29 is 23.5 Å². The fraction of sp³-hybridized carbons (Fsp3) is 0.574. The number of hydrogen-bond donors (Lipinski definition) is 1. The predicted molar refractivity (Wildman–Crippen MR) is 228 cm³/mol. The lowest BCUT2D eigenvalue weighted by Gasteiger charge is -2.44. The molecule has 0 spiro atoms. The number of unbranched alkanes of at least 4 members (excludes halogenated alkanes) is 12. The van der Waals surface area contributed by atoms with Crippen molar-refractivity contribution >= 4 is 30.6 Å². The summed E-state index contributed by atoms with van der Waals surface area (Å²) in [7, 11) is -1.00. The Hall–Kier alpha value is -3.30. The van der Waals surface area contributed by atoms with Gasteiger partial charge in [0.15, 0.2) is 0 Å². The molecule has 0 saturated carbocycles. The molecular weight excluding hydrogens is 701 g/mol. The summed E-state index contributed by atoms with van der Waals surface area (Å²) in [6.07, 6.45) is 16.1. The van der Waals surface area contributed by atoms with Gasteiger partial charge in [-0.2, -0.15) is 0 Å². The summed E-state index contributed by atoms with van der Waals surface area (Å²) in [5, 5.41) is 5.35. The first kappa shape index (κ1) is 44.4. The van der Waals surface area contributed by atoms with Crippen LogP contribution in [0.25, 0.3) is 0 Å². The number of ether oxygens (including phenoxy) is 2. The molecule has 1 heterocycles. The second kappa shape index (κ2) is 23.7. The average Bonchev–Trinajstić information content (AvgIpc) is 3.28. The maximum absolute atomic E-state index is 14.0. The van der Waals surface area contributed by atoms with Crippen molar-refractivity contribution in [2.24, 2.45) is 0 Å². The standard InChI is InChI=1S/C47H70N2O5Si/c1-6-7-8-9-10-11-12-13-14-15-16-17-27-34-45(50)54-44-35-49(5)43(38-52-36-39-28-21-18-22-29-39)46(51)48-42(44)37-53-55(47(2,3)4,40-30-23-19-24-31-40)41-32-25-20-26-33-41/h18-26,28-33,42-44H,6-17,27,34-38H2,1-5H3,(H,48,51)/t42-,43+,44+/m1/s1. The van der Waals surface area contributed by atoms with Gasteiger partial charge in [-0.05, 0) is 34.4 Å². The first-order valence-corrected chi connectivity index (χ1v) is 23.1. The number of carbonyl (C=O) groups is 2. The number of carbonyl (C=O) groups excluding carboxylic acids is 2. The van der Waals surface area contributed by atoms with E-state index < -0.39 is 26.5 Å². The summed E-state index contributed by atoms with van der Waals surface area (Å²) < 4.78 is 19.7. The van der Waals surface area contributed by atoms with Gasteiger partial charge in [-0.15, -0.1) is 0 Å². The van der Waals surface area contributed by atoms with Crippen molar-refractivity contribution in [1.29, 1.82) is 0 Å². The van der Waals surface area contributed by atoms with Crippen molar-refractivity contribution in [3.05, 3.63) is 96.6 Å². The number of esters is 1. The molecular formula is C47H70N2O5Si.